The summed E-state index contributed by atoms with van der Waals surface area (Å²) in [5.41, 5.74) is -0.256. The van der Waals surface area contributed by atoms with Crippen molar-refractivity contribution in [2.24, 2.45) is 11.3 Å². The lowest BCUT2D eigenvalue weighted by Crippen LogP contribution is -2.59. The normalized spacial score (nSPS) is 35.7. The van der Waals surface area contributed by atoms with Crippen LogP contribution in [0.5, 0.6) is 0 Å². The van der Waals surface area contributed by atoms with Gasteiger partial charge >= 0.3 is 0 Å². The Morgan fingerprint density at radius 3 is 2.45 bits per heavy atom. The van der Waals surface area contributed by atoms with Crippen molar-refractivity contribution < 1.29 is 34.7 Å². The summed E-state index contributed by atoms with van der Waals surface area (Å²) >= 11 is 0. The van der Waals surface area contributed by atoms with Gasteiger partial charge in [-0.3, -0.25) is 4.79 Å². The van der Waals surface area contributed by atoms with Crippen molar-refractivity contribution in [3.8, 4) is 0 Å². The quantitative estimate of drug-likeness (QED) is 0.500. The van der Waals surface area contributed by atoms with Gasteiger partial charge in [-0.1, -0.05) is 27.7 Å². The minimum atomic E-state index is -1.40. The first-order chi connectivity index (χ1) is 10.0. The van der Waals surface area contributed by atoms with Crippen molar-refractivity contribution in [2.75, 3.05) is 6.61 Å². The van der Waals surface area contributed by atoms with Gasteiger partial charge in [0.05, 0.1) is 18.8 Å². The molecule has 0 aromatic carbocycles. The van der Waals surface area contributed by atoms with Crippen LogP contribution in [-0.2, 0) is 14.3 Å². The Morgan fingerprint density at radius 1 is 1.41 bits per heavy atom. The second-order valence-electron chi connectivity index (χ2n) is 7.32. The molecule has 3 unspecified atom stereocenters. The van der Waals surface area contributed by atoms with Gasteiger partial charge in [-0.2, -0.15) is 0 Å². The van der Waals surface area contributed by atoms with Crippen molar-refractivity contribution in [1.82, 2.24) is 0 Å². The molecule has 1 saturated heterocycles. The van der Waals surface area contributed by atoms with Crippen LogP contribution in [0.3, 0.4) is 0 Å². The zero-order chi connectivity index (χ0) is 17.1. The maximum Gasteiger partial charge on any atom is 0.295 e. The van der Waals surface area contributed by atoms with E-state index >= 15 is 0 Å². The van der Waals surface area contributed by atoms with Crippen LogP contribution in [0.1, 0.15) is 40.5 Å². The number of hydrogen-bond acceptors (Lipinski definition) is 7. The highest BCUT2D eigenvalue weighted by atomic mass is 16.7. The van der Waals surface area contributed by atoms with E-state index in [4.69, 9.17) is 14.6 Å². The van der Waals surface area contributed by atoms with Gasteiger partial charge < -0.3 is 29.9 Å². The molecule has 0 spiro atoms. The molecule has 0 aromatic heterocycles. The molecule has 7 heteroatoms. The summed E-state index contributed by atoms with van der Waals surface area (Å²) in [4.78, 5) is 10.9. The second kappa shape index (κ2) is 7.23. The average molecular weight is 320 g/mol. The molecule has 7 nitrogen and oxygen atoms in total. The van der Waals surface area contributed by atoms with Crippen LogP contribution in [0.4, 0.5) is 0 Å². The lowest BCUT2D eigenvalue weighted by molar-refractivity contribution is -0.318. The van der Waals surface area contributed by atoms with Crippen LogP contribution >= 0.6 is 0 Å². The van der Waals surface area contributed by atoms with Gasteiger partial charge in [0.25, 0.3) is 6.47 Å². The maximum absolute atomic E-state index is 10.9. The third kappa shape index (κ3) is 4.63. The molecule has 0 saturated carbocycles. The Hall–Kier alpha value is -0.730. The molecule has 0 amide bonds. The van der Waals surface area contributed by atoms with Crippen molar-refractivity contribution in [2.45, 2.75) is 70.7 Å². The average Bonchev–Trinajstić information content (AvgIpc) is 2.39. The summed E-state index contributed by atoms with van der Waals surface area (Å²) in [5.74, 6) is -1.85. The molecule has 1 rings (SSSR count). The highest BCUT2D eigenvalue weighted by Crippen LogP contribution is 2.42. The lowest BCUT2D eigenvalue weighted by atomic mass is 9.79. The van der Waals surface area contributed by atoms with E-state index in [1.807, 2.05) is 20.8 Å². The summed E-state index contributed by atoms with van der Waals surface area (Å²) in [6.07, 6.45) is -4.23. The predicted octanol–water partition coefficient (Wildman–Crippen LogP) is -0.208. The first-order valence-corrected chi connectivity index (χ1v) is 7.49. The second-order valence-corrected chi connectivity index (χ2v) is 7.32. The first kappa shape index (κ1) is 19.3. The van der Waals surface area contributed by atoms with Gasteiger partial charge in [-0.25, -0.2) is 0 Å². The Kier molecular flexibility index (Phi) is 6.35. The first-order valence-electron chi connectivity index (χ1n) is 7.49. The Morgan fingerprint density at radius 2 is 2.00 bits per heavy atom. The van der Waals surface area contributed by atoms with E-state index in [2.05, 4.69) is 0 Å². The van der Waals surface area contributed by atoms with Gasteiger partial charge in [0.15, 0.2) is 0 Å². The summed E-state index contributed by atoms with van der Waals surface area (Å²) in [6, 6.07) is 0. The van der Waals surface area contributed by atoms with Crippen LogP contribution in [0.15, 0.2) is 0 Å². The number of carbonyl (C=O) groups excluding carboxylic acids is 1. The summed E-state index contributed by atoms with van der Waals surface area (Å²) < 4.78 is 11.0. The smallest absolute Gasteiger partial charge is 0.295 e. The SMILES string of the molecule is C[C@@H]1C(C(O)C(O)CO)O[C@@](CC(C)(C)C)(OC=O)C[C@@H]1O. The van der Waals surface area contributed by atoms with Crippen molar-refractivity contribution in [1.29, 1.82) is 0 Å². The topological polar surface area (TPSA) is 116 Å². The molecule has 22 heavy (non-hydrogen) atoms. The highest BCUT2D eigenvalue weighted by molar-refractivity contribution is 5.38. The molecule has 0 radical (unpaired) electrons. The van der Waals surface area contributed by atoms with Crippen LogP contribution in [0, 0.1) is 11.3 Å². The van der Waals surface area contributed by atoms with Gasteiger partial charge in [0, 0.05) is 18.8 Å². The minimum Gasteiger partial charge on any atom is -0.435 e. The molecule has 1 heterocycles. The van der Waals surface area contributed by atoms with Crippen LogP contribution in [0.25, 0.3) is 0 Å². The molecule has 130 valence electrons. The number of carbonyl (C=O) groups is 1. The van der Waals surface area contributed by atoms with Crippen LogP contribution < -0.4 is 0 Å². The van der Waals surface area contributed by atoms with Crippen molar-refractivity contribution in [3.63, 3.8) is 0 Å². The molecule has 0 aliphatic carbocycles. The third-order valence-corrected chi connectivity index (χ3v) is 3.98. The van der Waals surface area contributed by atoms with Gasteiger partial charge in [-0.15, -0.1) is 0 Å². The number of hydrogen-bond donors (Lipinski definition) is 4. The Balaban J connectivity index is 3.06. The largest absolute Gasteiger partial charge is 0.435 e. The lowest BCUT2D eigenvalue weighted by Gasteiger charge is -2.48. The molecule has 4 N–H and O–H groups in total. The predicted molar refractivity (Wildman–Crippen MR) is 77.7 cm³/mol. The zero-order valence-corrected chi connectivity index (χ0v) is 13.6. The fourth-order valence-corrected chi connectivity index (χ4v) is 2.96. The number of aliphatic hydroxyl groups excluding tert-OH is 4. The van der Waals surface area contributed by atoms with Crippen LogP contribution in [-0.4, -0.2) is 63.7 Å². The van der Waals surface area contributed by atoms with E-state index in [0.29, 0.717) is 6.42 Å². The van der Waals surface area contributed by atoms with Gasteiger partial charge in [-0.05, 0) is 5.41 Å². The minimum absolute atomic E-state index is 0.0859. The Bertz CT molecular complexity index is 367. The maximum atomic E-state index is 10.9. The number of ether oxygens (including phenoxy) is 2. The van der Waals surface area contributed by atoms with Gasteiger partial charge in [0.2, 0.25) is 5.79 Å². The number of rotatable bonds is 6. The monoisotopic (exact) mass is 320 g/mol. The summed E-state index contributed by atoms with van der Waals surface area (Å²) in [7, 11) is 0. The van der Waals surface area contributed by atoms with E-state index in [1.165, 1.54) is 0 Å². The third-order valence-electron chi connectivity index (χ3n) is 3.98. The molecule has 1 aliphatic rings. The fourth-order valence-electron chi connectivity index (χ4n) is 2.96. The summed E-state index contributed by atoms with van der Waals surface area (Å²) in [6.45, 7) is 7.11. The molecule has 1 aliphatic heterocycles. The van der Waals surface area contributed by atoms with E-state index in [-0.39, 0.29) is 18.3 Å². The van der Waals surface area contributed by atoms with E-state index < -0.39 is 42.7 Å². The van der Waals surface area contributed by atoms with Crippen molar-refractivity contribution in [3.05, 3.63) is 0 Å². The molecule has 6 atom stereocenters. The van der Waals surface area contributed by atoms with E-state index in [0.717, 1.165) is 0 Å². The van der Waals surface area contributed by atoms with E-state index in [1.54, 1.807) is 6.92 Å². The summed E-state index contributed by atoms with van der Waals surface area (Å²) in [5, 5.41) is 39.1. The molecule has 1 fully saturated rings. The molecular formula is C15H28O7. The fraction of sp³-hybridized carbons (Fsp3) is 0.933. The van der Waals surface area contributed by atoms with E-state index in [9.17, 15) is 20.1 Å². The number of aliphatic hydroxyl groups is 4. The highest BCUT2D eigenvalue weighted by Gasteiger charge is 2.51. The zero-order valence-electron chi connectivity index (χ0n) is 13.6. The van der Waals surface area contributed by atoms with Crippen LogP contribution in [0.2, 0.25) is 0 Å². The molecule has 0 aromatic rings. The van der Waals surface area contributed by atoms with Crippen molar-refractivity contribution >= 4 is 6.47 Å². The molecular weight excluding hydrogens is 292 g/mol. The molecule has 0 bridgehead atoms. The van der Waals surface area contributed by atoms with Gasteiger partial charge in [0.1, 0.15) is 12.2 Å². The Labute approximate surface area is 130 Å². The standard InChI is InChI=1S/C15H28O7/c1-9-10(18)5-15(21-8-17,7-14(2,3)4)22-13(9)12(20)11(19)6-16/h8-13,16,18-20H,5-7H2,1-4H3/t9-,10-,11?,12?,13?,15-/m0/s1.